The minimum absolute atomic E-state index is 0.0298. The number of nitriles is 1. The van der Waals surface area contributed by atoms with E-state index in [2.05, 4.69) is 6.07 Å². The van der Waals surface area contributed by atoms with Crippen molar-refractivity contribution in [2.75, 3.05) is 14.2 Å². The first-order valence-electron chi connectivity index (χ1n) is 12.2. The molecule has 0 saturated heterocycles. The summed E-state index contributed by atoms with van der Waals surface area (Å²) in [5.74, 6) is 2.05. The molecule has 1 aliphatic rings. The van der Waals surface area contributed by atoms with Crippen LogP contribution in [0.2, 0.25) is 0 Å². The SMILES string of the molecule is CCC(CC)C(C#N)(CCC(O)C(CC1Oc2ccccc2O1)[N+](=O)[O-])c1ccc(OC)c(OC)c1. The average molecular weight is 499 g/mol. The molecule has 0 aliphatic carbocycles. The fourth-order valence-corrected chi connectivity index (χ4v) is 5.09. The number of para-hydroxylation sites is 2. The highest BCUT2D eigenvalue weighted by atomic mass is 16.7. The lowest BCUT2D eigenvalue weighted by atomic mass is 9.66. The molecule has 1 heterocycles. The van der Waals surface area contributed by atoms with Crippen molar-refractivity contribution in [3.05, 3.63) is 58.1 Å². The molecule has 0 saturated carbocycles. The predicted octanol–water partition coefficient (Wildman–Crippen LogP) is 4.88. The van der Waals surface area contributed by atoms with Crippen LogP contribution in [0.1, 0.15) is 51.5 Å². The van der Waals surface area contributed by atoms with Crippen molar-refractivity contribution in [3.8, 4) is 29.1 Å². The Morgan fingerprint density at radius 1 is 1.11 bits per heavy atom. The van der Waals surface area contributed by atoms with Crippen LogP contribution in [0.5, 0.6) is 23.0 Å². The molecule has 0 fully saturated rings. The molecule has 2 aromatic rings. The van der Waals surface area contributed by atoms with Crippen molar-refractivity contribution >= 4 is 0 Å². The zero-order valence-corrected chi connectivity index (χ0v) is 21.2. The Morgan fingerprint density at radius 3 is 2.22 bits per heavy atom. The molecule has 3 atom stereocenters. The second-order valence-electron chi connectivity index (χ2n) is 8.97. The van der Waals surface area contributed by atoms with Gasteiger partial charge in [-0.05, 0) is 48.6 Å². The third-order valence-electron chi connectivity index (χ3n) is 7.13. The molecule has 9 nitrogen and oxygen atoms in total. The van der Waals surface area contributed by atoms with Gasteiger partial charge in [-0.1, -0.05) is 44.9 Å². The van der Waals surface area contributed by atoms with E-state index in [1.54, 1.807) is 43.5 Å². The second-order valence-corrected chi connectivity index (χ2v) is 8.97. The van der Waals surface area contributed by atoms with Gasteiger partial charge in [0.1, 0.15) is 6.10 Å². The number of hydrogen-bond acceptors (Lipinski definition) is 8. The molecule has 0 spiro atoms. The first-order valence-corrected chi connectivity index (χ1v) is 12.2. The lowest BCUT2D eigenvalue weighted by Gasteiger charge is -2.36. The van der Waals surface area contributed by atoms with E-state index in [1.165, 1.54) is 7.11 Å². The van der Waals surface area contributed by atoms with E-state index in [1.807, 2.05) is 19.9 Å². The van der Waals surface area contributed by atoms with Crippen LogP contribution in [0.3, 0.4) is 0 Å². The maximum atomic E-state index is 11.9. The molecular weight excluding hydrogens is 464 g/mol. The smallest absolute Gasteiger partial charge is 0.248 e. The fraction of sp³-hybridized carbons (Fsp3) is 0.519. The quantitative estimate of drug-likeness (QED) is 0.306. The van der Waals surface area contributed by atoms with Crippen LogP contribution >= 0.6 is 0 Å². The molecule has 36 heavy (non-hydrogen) atoms. The number of ether oxygens (including phenoxy) is 4. The molecule has 1 aliphatic heterocycles. The monoisotopic (exact) mass is 498 g/mol. The number of aliphatic hydroxyl groups excluding tert-OH is 1. The van der Waals surface area contributed by atoms with Crippen molar-refractivity contribution in [3.63, 3.8) is 0 Å². The second kappa shape index (κ2) is 12.0. The Bertz CT molecular complexity index is 1060. The first kappa shape index (κ1) is 27.1. The van der Waals surface area contributed by atoms with Gasteiger partial charge in [-0.25, -0.2) is 0 Å². The van der Waals surface area contributed by atoms with E-state index < -0.39 is 28.8 Å². The van der Waals surface area contributed by atoms with Crippen LogP contribution in [0.15, 0.2) is 42.5 Å². The number of fused-ring (bicyclic) bond motifs is 1. The summed E-state index contributed by atoms with van der Waals surface area (Å²) in [6.07, 6.45) is -0.516. The van der Waals surface area contributed by atoms with Crippen molar-refractivity contribution in [2.45, 2.75) is 69.8 Å². The molecule has 2 aromatic carbocycles. The summed E-state index contributed by atoms with van der Waals surface area (Å²) in [5, 5.41) is 33.3. The van der Waals surface area contributed by atoms with Crippen molar-refractivity contribution < 1.29 is 29.0 Å². The lowest BCUT2D eigenvalue weighted by Crippen LogP contribution is -2.41. The summed E-state index contributed by atoms with van der Waals surface area (Å²) in [4.78, 5) is 11.4. The van der Waals surface area contributed by atoms with Crippen molar-refractivity contribution in [1.29, 1.82) is 5.26 Å². The van der Waals surface area contributed by atoms with Gasteiger partial charge < -0.3 is 24.1 Å². The molecule has 194 valence electrons. The molecule has 0 aromatic heterocycles. The molecule has 3 rings (SSSR count). The molecule has 0 radical (unpaired) electrons. The Hall–Kier alpha value is -3.51. The minimum Gasteiger partial charge on any atom is -0.493 e. The van der Waals surface area contributed by atoms with Gasteiger partial charge in [0, 0.05) is 4.92 Å². The van der Waals surface area contributed by atoms with E-state index in [0.717, 1.165) is 18.4 Å². The number of nitrogens with zero attached hydrogens (tertiary/aromatic N) is 2. The van der Waals surface area contributed by atoms with Gasteiger partial charge in [-0.15, -0.1) is 0 Å². The van der Waals surface area contributed by atoms with E-state index >= 15 is 0 Å². The zero-order valence-electron chi connectivity index (χ0n) is 21.2. The zero-order chi connectivity index (χ0) is 26.3. The van der Waals surface area contributed by atoms with E-state index in [4.69, 9.17) is 18.9 Å². The summed E-state index contributed by atoms with van der Waals surface area (Å²) in [5.41, 5.74) is -0.235. The van der Waals surface area contributed by atoms with E-state index in [0.29, 0.717) is 23.0 Å². The molecular formula is C27H34N2O7. The van der Waals surface area contributed by atoms with Crippen molar-refractivity contribution in [2.24, 2.45) is 5.92 Å². The largest absolute Gasteiger partial charge is 0.493 e. The van der Waals surface area contributed by atoms with Gasteiger partial charge in [-0.2, -0.15) is 5.26 Å². The summed E-state index contributed by atoms with van der Waals surface area (Å²) in [6.45, 7) is 4.04. The highest BCUT2D eigenvalue weighted by Crippen LogP contribution is 2.44. The van der Waals surface area contributed by atoms with Crippen LogP contribution in [-0.4, -0.2) is 42.7 Å². The highest BCUT2D eigenvalue weighted by molar-refractivity contribution is 5.47. The maximum absolute atomic E-state index is 11.9. The Kier molecular flexibility index (Phi) is 8.99. The molecule has 0 bridgehead atoms. The third kappa shape index (κ3) is 5.49. The Balaban J connectivity index is 1.82. The number of nitro groups is 1. The number of benzene rings is 2. The number of hydrogen-bond donors (Lipinski definition) is 1. The van der Waals surface area contributed by atoms with Crippen LogP contribution in [-0.2, 0) is 5.41 Å². The van der Waals surface area contributed by atoms with Gasteiger partial charge in [-0.3, -0.25) is 10.1 Å². The highest BCUT2D eigenvalue weighted by Gasteiger charge is 2.43. The maximum Gasteiger partial charge on any atom is 0.248 e. The average Bonchev–Trinajstić information content (AvgIpc) is 3.31. The normalized spacial score (nSPS) is 16.1. The van der Waals surface area contributed by atoms with Gasteiger partial charge >= 0.3 is 0 Å². The topological polar surface area (TPSA) is 124 Å². The van der Waals surface area contributed by atoms with Crippen LogP contribution < -0.4 is 18.9 Å². The van der Waals surface area contributed by atoms with Crippen LogP contribution in [0.4, 0.5) is 0 Å². The summed E-state index contributed by atoms with van der Waals surface area (Å²) in [6, 6.07) is 13.6. The van der Waals surface area contributed by atoms with E-state index in [-0.39, 0.29) is 25.2 Å². The number of methoxy groups -OCH3 is 2. The van der Waals surface area contributed by atoms with Crippen molar-refractivity contribution in [1.82, 2.24) is 0 Å². The Labute approximate surface area is 211 Å². The number of aliphatic hydroxyl groups is 1. The summed E-state index contributed by atoms with van der Waals surface area (Å²) >= 11 is 0. The first-order chi connectivity index (χ1) is 17.3. The predicted molar refractivity (Wildman–Crippen MR) is 133 cm³/mol. The van der Waals surface area contributed by atoms with Gasteiger partial charge in [0.2, 0.25) is 12.3 Å². The Morgan fingerprint density at radius 2 is 1.72 bits per heavy atom. The van der Waals surface area contributed by atoms with Crippen LogP contribution in [0.25, 0.3) is 0 Å². The standard InChI is InChI=1S/C27H34N2O7/c1-5-18(6-2)27(17-28,19-11-12-22(33-3)25(15-19)34-4)14-13-21(30)20(29(31)32)16-26-35-23-9-7-8-10-24(23)36-26/h7-12,15,18,20-21,26,30H,5-6,13-14,16H2,1-4H3. The van der Waals surface area contributed by atoms with Gasteiger partial charge in [0.15, 0.2) is 23.0 Å². The molecule has 0 amide bonds. The van der Waals surface area contributed by atoms with Gasteiger partial charge in [0.25, 0.3) is 0 Å². The molecule has 3 unspecified atom stereocenters. The minimum atomic E-state index is -1.31. The summed E-state index contributed by atoms with van der Waals surface area (Å²) in [7, 11) is 3.07. The molecule has 9 heteroatoms. The molecule has 1 N–H and O–H groups in total. The lowest BCUT2D eigenvalue weighted by molar-refractivity contribution is -0.538. The van der Waals surface area contributed by atoms with Crippen LogP contribution in [0, 0.1) is 27.4 Å². The number of rotatable bonds is 13. The van der Waals surface area contributed by atoms with E-state index in [9.17, 15) is 20.5 Å². The van der Waals surface area contributed by atoms with Gasteiger partial charge in [0.05, 0.1) is 32.1 Å². The fourth-order valence-electron chi connectivity index (χ4n) is 5.09. The third-order valence-corrected chi connectivity index (χ3v) is 7.13. The summed E-state index contributed by atoms with van der Waals surface area (Å²) < 4.78 is 22.2.